The molecule has 1 saturated carbocycles. The molecule has 0 N–H and O–H groups in total. The summed E-state index contributed by atoms with van der Waals surface area (Å²) < 4.78 is 6.86. The van der Waals surface area contributed by atoms with Crippen LogP contribution in [-0.4, -0.2) is 6.10 Å². The van der Waals surface area contributed by atoms with Crippen LogP contribution in [0.25, 0.3) is 0 Å². The van der Waals surface area contributed by atoms with Gasteiger partial charge in [-0.2, -0.15) is 5.26 Å². The molecule has 0 heterocycles. The fourth-order valence-corrected chi connectivity index (χ4v) is 3.06. The van der Waals surface area contributed by atoms with E-state index >= 15 is 0 Å². The summed E-state index contributed by atoms with van der Waals surface area (Å²) in [5.41, 5.74) is 0. The van der Waals surface area contributed by atoms with Crippen LogP contribution in [0, 0.1) is 23.2 Å². The first-order chi connectivity index (χ1) is 8.60. The first-order valence-corrected chi connectivity index (χ1v) is 7.28. The van der Waals surface area contributed by atoms with Crippen molar-refractivity contribution in [1.29, 1.82) is 5.26 Å². The summed E-state index contributed by atoms with van der Waals surface area (Å²) in [4.78, 5) is 0. The van der Waals surface area contributed by atoms with E-state index in [1.807, 2.05) is 18.2 Å². The molecular weight excluding hydrogens is 314 g/mol. The predicted octanol–water partition coefficient (Wildman–Crippen LogP) is 4.81. The molecule has 0 radical (unpaired) electrons. The highest BCUT2D eigenvalue weighted by Crippen LogP contribution is 2.35. The van der Waals surface area contributed by atoms with E-state index in [0.717, 1.165) is 23.7 Å². The summed E-state index contributed by atoms with van der Waals surface area (Å²) in [6, 6.07) is 7.90. The molecular formula is C14H15BrClNO. The Morgan fingerprint density at radius 3 is 2.89 bits per heavy atom. The maximum Gasteiger partial charge on any atom is 0.138 e. The molecule has 18 heavy (non-hydrogen) atoms. The van der Waals surface area contributed by atoms with Crippen molar-refractivity contribution in [2.24, 2.45) is 11.8 Å². The maximum atomic E-state index is 9.17. The Morgan fingerprint density at radius 2 is 2.22 bits per heavy atom. The highest BCUT2D eigenvalue weighted by atomic mass is 79.9. The van der Waals surface area contributed by atoms with Crippen LogP contribution >= 0.6 is 27.5 Å². The van der Waals surface area contributed by atoms with Crippen LogP contribution < -0.4 is 4.74 Å². The van der Waals surface area contributed by atoms with E-state index in [0.29, 0.717) is 16.7 Å². The van der Waals surface area contributed by atoms with Crippen molar-refractivity contribution >= 4 is 27.5 Å². The molecule has 1 fully saturated rings. The minimum atomic E-state index is -0.0441. The Hall–Kier alpha value is -0.720. The lowest BCUT2D eigenvalue weighted by Crippen LogP contribution is -2.32. The molecule has 0 amide bonds. The second-order valence-electron chi connectivity index (χ2n) is 4.88. The topological polar surface area (TPSA) is 33.0 Å². The second-order valence-corrected chi connectivity index (χ2v) is 6.21. The monoisotopic (exact) mass is 327 g/mol. The molecule has 1 aromatic carbocycles. The van der Waals surface area contributed by atoms with Gasteiger partial charge in [-0.3, -0.25) is 0 Å². The van der Waals surface area contributed by atoms with Gasteiger partial charge in [-0.1, -0.05) is 34.5 Å². The molecule has 4 heteroatoms. The van der Waals surface area contributed by atoms with E-state index in [1.54, 1.807) is 0 Å². The largest absolute Gasteiger partial charge is 0.487 e. The van der Waals surface area contributed by atoms with E-state index in [9.17, 15) is 0 Å². The van der Waals surface area contributed by atoms with Crippen molar-refractivity contribution in [3.05, 3.63) is 27.7 Å². The number of halogens is 2. The number of hydrogen-bond acceptors (Lipinski definition) is 2. The summed E-state index contributed by atoms with van der Waals surface area (Å²) in [6.07, 6.45) is 2.89. The Balaban J connectivity index is 2.13. The summed E-state index contributed by atoms with van der Waals surface area (Å²) in [7, 11) is 0. The summed E-state index contributed by atoms with van der Waals surface area (Å²) in [6.45, 7) is 2.20. The van der Waals surface area contributed by atoms with E-state index < -0.39 is 0 Å². The summed E-state index contributed by atoms with van der Waals surface area (Å²) in [5, 5.41) is 9.75. The zero-order valence-corrected chi connectivity index (χ0v) is 12.5. The zero-order valence-electron chi connectivity index (χ0n) is 10.2. The molecule has 2 rings (SSSR count). The lowest BCUT2D eigenvalue weighted by atomic mass is 9.81. The van der Waals surface area contributed by atoms with Gasteiger partial charge in [0.05, 0.1) is 17.0 Å². The second kappa shape index (κ2) is 5.95. The maximum absolute atomic E-state index is 9.17. The molecule has 2 nitrogen and oxygen atoms in total. The van der Waals surface area contributed by atoms with Crippen molar-refractivity contribution in [3.8, 4) is 11.8 Å². The van der Waals surface area contributed by atoms with Crippen LogP contribution in [0.5, 0.6) is 5.75 Å². The van der Waals surface area contributed by atoms with Gasteiger partial charge in [-0.05, 0) is 43.4 Å². The highest BCUT2D eigenvalue weighted by Gasteiger charge is 2.30. The molecule has 1 aromatic rings. The Bertz CT molecular complexity index is 471. The number of benzene rings is 1. The molecule has 0 aliphatic heterocycles. The molecule has 96 valence electrons. The minimum absolute atomic E-state index is 0.0269. The van der Waals surface area contributed by atoms with E-state index in [1.165, 1.54) is 0 Å². The third kappa shape index (κ3) is 3.18. The van der Waals surface area contributed by atoms with Gasteiger partial charge < -0.3 is 4.74 Å². The van der Waals surface area contributed by atoms with Gasteiger partial charge >= 0.3 is 0 Å². The van der Waals surface area contributed by atoms with Crippen LogP contribution in [0.2, 0.25) is 5.02 Å². The van der Waals surface area contributed by atoms with Crippen LogP contribution in [0.1, 0.15) is 26.2 Å². The van der Waals surface area contributed by atoms with E-state index in [4.69, 9.17) is 21.6 Å². The molecule has 0 aromatic heterocycles. The third-order valence-electron chi connectivity index (χ3n) is 3.39. The number of nitrogens with zero attached hydrogens (tertiary/aromatic N) is 1. The molecule has 0 spiro atoms. The lowest BCUT2D eigenvalue weighted by Gasteiger charge is -2.31. The van der Waals surface area contributed by atoms with Crippen molar-refractivity contribution in [2.45, 2.75) is 32.3 Å². The average molecular weight is 329 g/mol. The molecule has 3 atom stereocenters. The fraction of sp³-hybridized carbons (Fsp3) is 0.500. The van der Waals surface area contributed by atoms with Gasteiger partial charge in [0.1, 0.15) is 11.9 Å². The minimum Gasteiger partial charge on any atom is -0.487 e. The zero-order chi connectivity index (χ0) is 13.1. The number of nitriles is 1. The number of rotatable bonds is 2. The number of hydrogen-bond donors (Lipinski definition) is 0. The van der Waals surface area contributed by atoms with Gasteiger partial charge in [0.2, 0.25) is 0 Å². The van der Waals surface area contributed by atoms with Gasteiger partial charge in [-0.25, -0.2) is 0 Å². The van der Waals surface area contributed by atoms with Gasteiger partial charge in [0.15, 0.2) is 0 Å². The highest BCUT2D eigenvalue weighted by molar-refractivity contribution is 9.10. The van der Waals surface area contributed by atoms with Crippen LogP contribution in [0.3, 0.4) is 0 Å². The first kappa shape index (κ1) is 13.7. The number of ether oxygens (including phenoxy) is 1. The van der Waals surface area contributed by atoms with Crippen molar-refractivity contribution in [1.82, 2.24) is 0 Å². The van der Waals surface area contributed by atoms with Crippen LogP contribution in [-0.2, 0) is 0 Å². The standard InChI is InChI=1S/C14H15BrClNO/c1-9-2-3-10(8-17)14(6-9)18-13-5-4-11(15)7-12(13)16/h4-5,7,9-10,14H,2-3,6H2,1H3. The van der Waals surface area contributed by atoms with Crippen molar-refractivity contribution in [2.75, 3.05) is 0 Å². The average Bonchev–Trinajstić information content (AvgIpc) is 2.33. The summed E-state index contributed by atoms with van der Waals surface area (Å²) in [5.74, 6) is 1.24. The molecule has 1 aliphatic carbocycles. The quantitative estimate of drug-likeness (QED) is 0.780. The molecule has 3 unspecified atom stereocenters. The smallest absolute Gasteiger partial charge is 0.138 e. The first-order valence-electron chi connectivity index (χ1n) is 6.11. The van der Waals surface area contributed by atoms with Crippen LogP contribution in [0.15, 0.2) is 22.7 Å². The Labute approximate surface area is 121 Å². The molecule has 0 bridgehead atoms. The molecule has 0 saturated heterocycles. The van der Waals surface area contributed by atoms with Crippen LogP contribution in [0.4, 0.5) is 0 Å². The normalized spacial score (nSPS) is 27.6. The predicted molar refractivity (Wildman–Crippen MR) is 75.7 cm³/mol. The molecule has 1 aliphatic rings. The Morgan fingerprint density at radius 1 is 1.44 bits per heavy atom. The Kier molecular flexibility index (Phi) is 4.53. The van der Waals surface area contributed by atoms with Gasteiger partial charge in [0, 0.05) is 4.47 Å². The van der Waals surface area contributed by atoms with Gasteiger partial charge in [-0.15, -0.1) is 0 Å². The van der Waals surface area contributed by atoms with E-state index in [-0.39, 0.29) is 12.0 Å². The fourth-order valence-electron chi connectivity index (χ4n) is 2.34. The third-order valence-corrected chi connectivity index (χ3v) is 4.18. The van der Waals surface area contributed by atoms with Gasteiger partial charge in [0.25, 0.3) is 0 Å². The van der Waals surface area contributed by atoms with E-state index in [2.05, 4.69) is 28.9 Å². The van der Waals surface area contributed by atoms with Crippen molar-refractivity contribution in [3.63, 3.8) is 0 Å². The SMILES string of the molecule is CC1CCC(C#N)C(Oc2ccc(Br)cc2Cl)C1. The summed E-state index contributed by atoms with van der Waals surface area (Å²) >= 11 is 9.50. The van der Waals surface area contributed by atoms with Crippen molar-refractivity contribution < 1.29 is 4.74 Å². The lowest BCUT2D eigenvalue weighted by molar-refractivity contribution is 0.0957.